The Morgan fingerprint density at radius 3 is 2.52 bits per heavy atom. The predicted molar refractivity (Wildman–Crippen MR) is 88.6 cm³/mol. The van der Waals surface area contributed by atoms with Crippen molar-refractivity contribution in [2.75, 3.05) is 6.54 Å². The van der Waals surface area contributed by atoms with E-state index in [1.54, 1.807) is 32.9 Å². The minimum atomic E-state index is -0.956. The number of carbonyl (C=O) groups excluding carboxylic acids is 1. The number of benzene rings is 1. The van der Waals surface area contributed by atoms with Crippen molar-refractivity contribution in [3.05, 3.63) is 34.9 Å². The average Bonchev–Trinajstić information content (AvgIpc) is 2.44. The molecule has 0 aromatic heterocycles. The molecule has 0 fully saturated rings. The van der Waals surface area contributed by atoms with Gasteiger partial charge in [0.05, 0.1) is 5.56 Å². The first kappa shape index (κ1) is 19.0. The number of nitrogens with two attached hydrogens (primary N) is 1. The summed E-state index contributed by atoms with van der Waals surface area (Å²) < 4.78 is 5.15. The topological polar surface area (TPSA) is 102 Å². The van der Waals surface area contributed by atoms with Crippen LogP contribution in [0.2, 0.25) is 0 Å². The number of nitrogens with one attached hydrogen (secondary N) is 1. The van der Waals surface area contributed by atoms with Crippen molar-refractivity contribution in [1.82, 2.24) is 5.32 Å². The number of carboxylic acids is 1. The van der Waals surface area contributed by atoms with Crippen LogP contribution in [-0.2, 0) is 11.2 Å². The third-order valence-corrected chi connectivity index (χ3v) is 3.32. The molecule has 1 amide bonds. The molecule has 0 aliphatic rings. The van der Waals surface area contributed by atoms with Gasteiger partial charge in [-0.1, -0.05) is 19.1 Å². The van der Waals surface area contributed by atoms with E-state index in [9.17, 15) is 14.7 Å². The maximum absolute atomic E-state index is 11.6. The van der Waals surface area contributed by atoms with Crippen LogP contribution in [0.25, 0.3) is 0 Å². The van der Waals surface area contributed by atoms with Crippen molar-refractivity contribution in [2.45, 2.75) is 52.2 Å². The summed E-state index contributed by atoms with van der Waals surface area (Å²) >= 11 is 0. The van der Waals surface area contributed by atoms with E-state index < -0.39 is 17.7 Å². The number of carbonyl (C=O) groups is 2. The molecule has 23 heavy (non-hydrogen) atoms. The van der Waals surface area contributed by atoms with Gasteiger partial charge in [0.25, 0.3) is 0 Å². The van der Waals surface area contributed by atoms with Gasteiger partial charge in [0.15, 0.2) is 0 Å². The van der Waals surface area contributed by atoms with E-state index in [1.807, 2.05) is 13.0 Å². The van der Waals surface area contributed by atoms with Crippen LogP contribution in [0.4, 0.5) is 4.79 Å². The lowest BCUT2D eigenvalue weighted by Crippen LogP contribution is -2.34. The highest BCUT2D eigenvalue weighted by molar-refractivity contribution is 5.89. The van der Waals surface area contributed by atoms with Gasteiger partial charge in [-0.3, -0.25) is 0 Å². The van der Waals surface area contributed by atoms with Crippen molar-refractivity contribution in [2.24, 2.45) is 5.73 Å². The van der Waals surface area contributed by atoms with E-state index in [-0.39, 0.29) is 11.6 Å². The number of rotatable bonds is 6. The van der Waals surface area contributed by atoms with Crippen LogP contribution in [0, 0.1) is 0 Å². The number of amides is 1. The summed E-state index contributed by atoms with van der Waals surface area (Å²) in [4.78, 5) is 22.9. The monoisotopic (exact) mass is 322 g/mol. The summed E-state index contributed by atoms with van der Waals surface area (Å²) in [5.74, 6) is -0.956. The van der Waals surface area contributed by atoms with E-state index in [0.29, 0.717) is 19.4 Å². The maximum Gasteiger partial charge on any atom is 0.407 e. The van der Waals surface area contributed by atoms with Gasteiger partial charge in [-0.25, -0.2) is 9.59 Å². The summed E-state index contributed by atoms with van der Waals surface area (Å²) in [6.07, 6.45) is 0.597. The zero-order chi connectivity index (χ0) is 17.6. The van der Waals surface area contributed by atoms with Gasteiger partial charge < -0.3 is 20.9 Å². The van der Waals surface area contributed by atoms with Gasteiger partial charge in [-0.15, -0.1) is 0 Å². The first-order chi connectivity index (χ1) is 10.7. The number of hydrogen-bond acceptors (Lipinski definition) is 4. The molecule has 1 aromatic carbocycles. The summed E-state index contributed by atoms with van der Waals surface area (Å²) in [6, 6.07) is 4.76. The van der Waals surface area contributed by atoms with Crippen molar-refractivity contribution in [1.29, 1.82) is 0 Å². The van der Waals surface area contributed by atoms with E-state index in [2.05, 4.69) is 5.32 Å². The normalized spacial score (nSPS) is 12.6. The minimum Gasteiger partial charge on any atom is -0.478 e. The summed E-state index contributed by atoms with van der Waals surface area (Å²) in [7, 11) is 0. The van der Waals surface area contributed by atoms with Crippen LogP contribution in [0.3, 0.4) is 0 Å². The molecule has 0 heterocycles. The number of alkyl carbamates (subject to hydrolysis) is 1. The van der Waals surface area contributed by atoms with Crippen molar-refractivity contribution in [3.8, 4) is 0 Å². The number of aromatic carboxylic acids is 1. The van der Waals surface area contributed by atoms with E-state index in [1.165, 1.54) is 0 Å². The Labute approximate surface area is 137 Å². The first-order valence-corrected chi connectivity index (χ1v) is 7.73. The molecule has 0 radical (unpaired) electrons. The van der Waals surface area contributed by atoms with E-state index in [4.69, 9.17) is 10.5 Å². The quantitative estimate of drug-likeness (QED) is 0.747. The molecule has 0 aliphatic heterocycles. The summed E-state index contributed by atoms with van der Waals surface area (Å²) in [5, 5.41) is 11.9. The van der Waals surface area contributed by atoms with Crippen LogP contribution >= 0.6 is 0 Å². The Morgan fingerprint density at radius 2 is 2.00 bits per heavy atom. The van der Waals surface area contributed by atoms with Crippen molar-refractivity contribution >= 4 is 12.1 Å². The zero-order valence-corrected chi connectivity index (χ0v) is 14.2. The Bertz CT molecular complexity index is 564. The second-order valence-corrected chi connectivity index (χ2v) is 6.36. The van der Waals surface area contributed by atoms with Crippen LogP contribution in [0.15, 0.2) is 18.2 Å². The molecule has 1 aromatic rings. The molecule has 1 atom stereocenters. The SMILES string of the molecule is CCc1c(C(=O)O)cccc1C(N)CCNC(=O)OC(C)(C)C. The highest BCUT2D eigenvalue weighted by atomic mass is 16.6. The lowest BCUT2D eigenvalue weighted by molar-refractivity contribution is 0.0526. The van der Waals surface area contributed by atoms with Crippen LogP contribution in [0.5, 0.6) is 0 Å². The van der Waals surface area contributed by atoms with E-state index in [0.717, 1.165) is 11.1 Å². The molecule has 4 N–H and O–H groups in total. The van der Waals surface area contributed by atoms with Crippen LogP contribution < -0.4 is 11.1 Å². The molecule has 6 nitrogen and oxygen atoms in total. The predicted octanol–water partition coefficient (Wildman–Crippen LogP) is 2.86. The molecule has 0 saturated heterocycles. The second kappa shape index (κ2) is 7.97. The molecule has 0 bridgehead atoms. The fraction of sp³-hybridized carbons (Fsp3) is 0.529. The zero-order valence-electron chi connectivity index (χ0n) is 14.2. The minimum absolute atomic E-state index is 0.278. The summed E-state index contributed by atoms with van der Waals surface area (Å²) in [6.45, 7) is 7.64. The maximum atomic E-state index is 11.6. The molecule has 0 spiro atoms. The van der Waals surface area contributed by atoms with Gasteiger partial charge in [0, 0.05) is 12.6 Å². The van der Waals surface area contributed by atoms with Gasteiger partial charge in [-0.2, -0.15) is 0 Å². The van der Waals surface area contributed by atoms with Gasteiger partial charge in [0.2, 0.25) is 0 Å². The first-order valence-electron chi connectivity index (χ1n) is 7.73. The average molecular weight is 322 g/mol. The highest BCUT2D eigenvalue weighted by Crippen LogP contribution is 2.23. The van der Waals surface area contributed by atoms with Crippen molar-refractivity contribution < 1.29 is 19.4 Å². The fourth-order valence-corrected chi connectivity index (χ4v) is 2.35. The van der Waals surface area contributed by atoms with Gasteiger partial charge in [-0.05, 0) is 50.8 Å². The molecule has 128 valence electrons. The van der Waals surface area contributed by atoms with E-state index >= 15 is 0 Å². The molecule has 0 saturated carbocycles. The Morgan fingerprint density at radius 1 is 1.35 bits per heavy atom. The van der Waals surface area contributed by atoms with Gasteiger partial charge >= 0.3 is 12.1 Å². The highest BCUT2D eigenvalue weighted by Gasteiger charge is 2.18. The third kappa shape index (κ3) is 5.90. The third-order valence-electron chi connectivity index (χ3n) is 3.32. The molecule has 1 unspecified atom stereocenters. The molecular formula is C17H26N2O4. The number of ether oxygens (including phenoxy) is 1. The number of hydrogen-bond donors (Lipinski definition) is 3. The van der Waals surface area contributed by atoms with Crippen LogP contribution in [0.1, 0.15) is 61.6 Å². The lowest BCUT2D eigenvalue weighted by atomic mass is 9.93. The standard InChI is InChI=1S/C17H26N2O4/c1-5-11-12(7-6-8-13(11)15(20)21)14(18)9-10-19-16(22)23-17(2,3)4/h6-8,14H,5,9-10,18H2,1-4H3,(H,19,22)(H,20,21). The fourth-order valence-electron chi connectivity index (χ4n) is 2.35. The Balaban J connectivity index is 2.69. The Kier molecular flexibility index (Phi) is 6.57. The molecular weight excluding hydrogens is 296 g/mol. The molecule has 1 rings (SSSR count). The smallest absolute Gasteiger partial charge is 0.407 e. The van der Waals surface area contributed by atoms with Crippen molar-refractivity contribution in [3.63, 3.8) is 0 Å². The largest absolute Gasteiger partial charge is 0.478 e. The number of carboxylic acid groups (broad SMARTS) is 1. The molecule has 6 heteroatoms. The van der Waals surface area contributed by atoms with Crippen LogP contribution in [-0.4, -0.2) is 29.3 Å². The molecule has 0 aliphatic carbocycles. The van der Waals surface area contributed by atoms with Gasteiger partial charge in [0.1, 0.15) is 5.60 Å². The Hall–Kier alpha value is -2.08. The lowest BCUT2D eigenvalue weighted by Gasteiger charge is -2.21. The summed E-state index contributed by atoms with van der Waals surface area (Å²) in [5.41, 5.74) is 7.45. The second-order valence-electron chi connectivity index (χ2n) is 6.36.